The Hall–Kier alpha value is -2.14. The smallest absolute Gasteiger partial charge is 0.254 e. The van der Waals surface area contributed by atoms with E-state index in [-0.39, 0.29) is 11.9 Å². The summed E-state index contributed by atoms with van der Waals surface area (Å²) >= 11 is 1.77. The van der Waals surface area contributed by atoms with Crippen LogP contribution in [-0.4, -0.2) is 23.3 Å². The minimum atomic E-state index is -0.480. The Bertz CT molecular complexity index is 706. The highest BCUT2D eigenvalue weighted by Crippen LogP contribution is 2.35. The molecule has 5 heteroatoms. The number of rotatable bonds is 3. The van der Waals surface area contributed by atoms with E-state index in [9.17, 15) is 9.59 Å². The van der Waals surface area contributed by atoms with Crippen molar-refractivity contribution in [2.75, 3.05) is 6.54 Å². The van der Waals surface area contributed by atoms with Gasteiger partial charge in [0, 0.05) is 22.5 Å². The number of fused-ring (bicyclic) bond motifs is 1. The van der Waals surface area contributed by atoms with Crippen LogP contribution in [0.1, 0.15) is 50.5 Å². The molecule has 2 amide bonds. The first kappa shape index (κ1) is 14.8. The lowest BCUT2D eigenvalue weighted by atomic mass is 9.96. The molecule has 0 aliphatic carbocycles. The zero-order valence-corrected chi connectivity index (χ0v) is 13.2. The van der Waals surface area contributed by atoms with Crippen LogP contribution in [0.3, 0.4) is 0 Å². The van der Waals surface area contributed by atoms with Gasteiger partial charge in [-0.1, -0.05) is 6.92 Å². The van der Waals surface area contributed by atoms with Crippen molar-refractivity contribution >= 4 is 23.2 Å². The van der Waals surface area contributed by atoms with Crippen molar-refractivity contribution in [3.05, 3.63) is 57.3 Å². The van der Waals surface area contributed by atoms with Gasteiger partial charge in [-0.2, -0.15) is 0 Å². The third-order valence-electron chi connectivity index (χ3n) is 4.16. The Morgan fingerprint density at radius 1 is 1.23 bits per heavy atom. The van der Waals surface area contributed by atoms with Crippen molar-refractivity contribution in [3.63, 3.8) is 0 Å². The monoisotopic (exact) mass is 314 g/mol. The van der Waals surface area contributed by atoms with Crippen LogP contribution in [0, 0.1) is 0 Å². The Morgan fingerprint density at radius 2 is 1.91 bits per heavy atom. The summed E-state index contributed by atoms with van der Waals surface area (Å²) in [6, 6.07) is 8.84. The summed E-state index contributed by atoms with van der Waals surface area (Å²) < 4.78 is 0. The minimum absolute atomic E-state index is 0.0136. The largest absolute Gasteiger partial charge is 0.366 e. The van der Waals surface area contributed by atoms with Gasteiger partial charge in [0.15, 0.2) is 0 Å². The summed E-state index contributed by atoms with van der Waals surface area (Å²) in [4.78, 5) is 27.2. The fraction of sp³-hybridized carbons (Fsp3) is 0.294. The lowest BCUT2D eigenvalue weighted by Gasteiger charge is -2.35. The second-order valence-corrected chi connectivity index (χ2v) is 6.41. The second kappa shape index (κ2) is 5.93. The first-order chi connectivity index (χ1) is 10.6. The first-order valence-electron chi connectivity index (χ1n) is 7.39. The number of nitrogens with two attached hydrogens (primary N) is 1. The zero-order valence-electron chi connectivity index (χ0n) is 12.4. The molecule has 0 spiro atoms. The van der Waals surface area contributed by atoms with Gasteiger partial charge in [0.1, 0.15) is 0 Å². The van der Waals surface area contributed by atoms with Crippen LogP contribution in [0.25, 0.3) is 0 Å². The van der Waals surface area contributed by atoms with Crippen molar-refractivity contribution in [2.24, 2.45) is 5.73 Å². The second-order valence-electron chi connectivity index (χ2n) is 5.41. The van der Waals surface area contributed by atoms with Gasteiger partial charge < -0.3 is 10.6 Å². The number of nitrogens with zero attached hydrogens (tertiary/aromatic N) is 1. The molecule has 22 heavy (non-hydrogen) atoms. The van der Waals surface area contributed by atoms with Crippen LogP contribution in [-0.2, 0) is 6.42 Å². The molecule has 1 aromatic carbocycles. The topological polar surface area (TPSA) is 63.4 Å². The molecule has 1 atom stereocenters. The average Bonchev–Trinajstić information content (AvgIpc) is 3.01. The highest BCUT2D eigenvalue weighted by atomic mass is 32.1. The lowest BCUT2D eigenvalue weighted by Crippen LogP contribution is -2.39. The highest BCUT2D eigenvalue weighted by Gasteiger charge is 2.30. The van der Waals surface area contributed by atoms with Crippen LogP contribution in [0.15, 0.2) is 35.7 Å². The quantitative estimate of drug-likeness (QED) is 0.946. The minimum Gasteiger partial charge on any atom is -0.366 e. The van der Waals surface area contributed by atoms with E-state index in [1.165, 1.54) is 10.4 Å². The van der Waals surface area contributed by atoms with Crippen LogP contribution >= 0.6 is 11.3 Å². The van der Waals surface area contributed by atoms with E-state index < -0.39 is 5.91 Å². The summed E-state index contributed by atoms with van der Waals surface area (Å²) in [6.07, 6.45) is 1.81. The molecule has 3 rings (SSSR count). The molecule has 0 unspecified atom stereocenters. The van der Waals surface area contributed by atoms with Gasteiger partial charge in [0.2, 0.25) is 5.91 Å². The average molecular weight is 314 g/mol. The molecule has 2 aromatic rings. The molecule has 0 fully saturated rings. The first-order valence-corrected chi connectivity index (χ1v) is 8.27. The number of carbonyl (C=O) groups is 2. The lowest BCUT2D eigenvalue weighted by molar-refractivity contribution is 0.0657. The van der Waals surface area contributed by atoms with E-state index in [2.05, 4.69) is 18.4 Å². The molecule has 1 aliphatic rings. The van der Waals surface area contributed by atoms with E-state index in [0.717, 1.165) is 19.4 Å². The summed E-state index contributed by atoms with van der Waals surface area (Å²) in [5, 5.41) is 2.10. The zero-order chi connectivity index (χ0) is 15.7. The number of thiophene rings is 1. The predicted molar refractivity (Wildman–Crippen MR) is 87.1 cm³/mol. The van der Waals surface area contributed by atoms with E-state index in [1.54, 1.807) is 35.6 Å². The van der Waals surface area contributed by atoms with Crippen LogP contribution in [0.2, 0.25) is 0 Å². The number of primary amides is 1. The van der Waals surface area contributed by atoms with E-state index in [1.807, 2.05) is 4.90 Å². The number of amides is 2. The fourth-order valence-electron chi connectivity index (χ4n) is 3.02. The van der Waals surface area contributed by atoms with E-state index in [0.29, 0.717) is 11.1 Å². The third kappa shape index (κ3) is 2.52. The van der Waals surface area contributed by atoms with Gasteiger partial charge in [-0.05, 0) is 54.1 Å². The van der Waals surface area contributed by atoms with E-state index >= 15 is 0 Å². The van der Waals surface area contributed by atoms with Gasteiger partial charge in [0.05, 0.1) is 6.04 Å². The Morgan fingerprint density at radius 3 is 2.55 bits per heavy atom. The SMILES string of the molecule is CC[C@@H]1c2ccsc2CCN1C(=O)c1ccc(C(N)=O)cc1. The van der Waals surface area contributed by atoms with Gasteiger partial charge >= 0.3 is 0 Å². The van der Waals surface area contributed by atoms with Crippen molar-refractivity contribution in [3.8, 4) is 0 Å². The standard InChI is InChI=1S/C17H18N2O2S/c1-2-14-13-8-10-22-15(13)7-9-19(14)17(21)12-5-3-11(4-6-12)16(18)20/h3-6,8,10,14H,2,7,9H2,1H3,(H2,18,20)/t14-/m1/s1. The molecule has 2 N–H and O–H groups in total. The maximum Gasteiger partial charge on any atom is 0.254 e. The third-order valence-corrected chi connectivity index (χ3v) is 5.16. The van der Waals surface area contributed by atoms with Gasteiger partial charge in [-0.15, -0.1) is 11.3 Å². The number of benzene rings is 1. The fourth-order valence-corrected chi connectivity index (χ4v) is 3.95. The molecule has 0 bridgehead atoms. The maximum atomic E-state index is 12.8. The molecule has 1 aromatic heterocycles. The van der Waals surface area contributed by atoms with Crippen molar-refractivity contribution in [2.45, 2.75) is 25.8 Å². The normalized spacial score (nSPS) is 17.1. The summed E-state index contributed by atoms with van der Waals surface area (Å²) in [7, 11) is 0. The van der Waals surface area contributed by atoms with Gasteiger partial charge in [0.25, 0.3) is 5.91 Å². The van der Waals surface area contributed by atoms with Crippen LogP contribution in [0.5, 0.6) is 0 Å². The molecule has 0 saturated heterocycles. The molecule has 0 saturated carbocycles. The maximum absolute atomic E-state index is 12.8. The summed E-state index contributed by atoms with van der Waals surface area (Å²) in [5.41, 5.74) is 7.53. The highest BCUT2D eigenvalue weighted by molar-refractivity contribution is 7.10. The Balaban J connectivity index is 1.87. The van der Waals surface area contributed by atoms with Crippen LogP contribution in [0.4, 0.5) is 0 Å². The summed E-state index contributed by atoms with van der Waals surface area (Å²) in [5.74, 6) is -0.467. The summed E-state index contributed by atoms with van der Waals surface area (Å²) in [6.45, 7) is 2.84. The van der Waals surface area contributed by atoms with Gasteiger partial charge in [-0.25, -0.2) is 0 Å². The van der Waals surface area contributed by atoms with Crippen molar-refractivity contribution in [1.29, 1.82) is 0 Å². The number of carbonyl (C=O) groups excluding carboxylic acids is 2. The number of hydrogen-bond acceptors (Lipinski definition) is 3. The molecule has 0 radical (unpaired) electrons. The Labute approximate surface area is 133 Å². The Kier molecular flexibility index (Phi) is 3.98. The predicted octanol–water partition coefficient (Wildman–Crippen LogP) is 3.00. The number of hydrogen-bond donors (Lipinski definition) is 1. The molecule has 2 heterocycles. The molecule has 4 nitrogen and oxygen atoms in total. The molecule has 1 aliphatic heterocycles. The van der Waals surface area contributed by atoms with Gasteiger partial charge in [-0.3, -0.25) is 9.59 Å². The van der Waals surface area contributed by atoms with E-state index in [4.69, 9.17) is 5.73 Å². The molecular formula is C17H18N2O2S. The molecular weight excluding hydrogens is 296 g/mol. The molecule has 114 valence electrons. The van der Waals surface area contributed by atoms with Crippen LogP contribution < -0.4 is 5.73 Å². The van der Waals surface area contributed by atoms with Crippen molar-refractivity contribution in [1.82, 2.24) is 4.90 Å². The van der Waals surface area contributed by atoms with Crippen molar-refractivity contribution < 1.29 is 9.59 Å².